The third-order valence-corrected chi connectivity index (χ3v) is 5.85. The first-order valence-corrected chi connectivity index (χ1v) is 10.4. The van der Waals surface area contributed by atoms with Crippen LogP contribution in [0.15, 0.2) is 42.5 Å². The van der Waals surface area contributed by atoms with Crippen molar-refractivity contribution in [1.82, 2.24) is 4.90 Å². The van der Waals surface area contributed by atoms with Crippen molar-refractivity contribution in [3.63, 3.8) is 0 Å². The summed E-state index contributed by atoms with van der Waals surface area (Å²) in [5.74, 6) is 0.855. The first kappa shape index (κ1) is 19.2. The molecule has 0 N–H and O–H groups in total. The second-order valence-corrected chi connectivity index (χ2v) is 7.96. The molecule has 3 aliphatic heterocycles. The van der Waals surface area contributed by atoms with Crippen LogP contribution < -0.4 is 14.4 Å². The number of amides is 2. The lowest BCUT2D eigenvalue weighted by molar-refractivity contribution is -0.143. The lowest BCUT2D eigenvalue weighted by atomic mass is 10.1. The van der Waals surface area contributed by atoms with Crippen molar-refractivity contribution in [1.29, 1.82) is 0 Å². The maximum absolute atomic E-state index is 13.4. The van der Waals surface area contributed by atoms with E-state index in [1.54, 1.807) is 28.0 Å². The van der Waals surface area contributed by atoms with Gasteiger partial charge < -0.3 is 24.0 Å². The smallest absolute Gasteiger partial charge is 0.268 e. The Kier molecular flexibility index (Phi) is 5.00. The summed E-state index contributed by atoms with van der Waals surface area (Å²) in [6.07, 6.45) is -0.986. The molecule has 0 radical (unpaired) electrons. The molecule has 0 aromatic heterocycles. The van der Waals surface area contributed by atoms with E-state index >= 15 is 0 Å². The Labute approximate surface area is 179 Å². The maximum Gasteiger partial charge on any atom is 0.268 e. The van der Waals surface area contributed by atoms with E-state index < -0.39 is 12.2 Å². The van der Waals surface area contributed by atoms with E-state index in [0.29, 0.717) is 54.9 Å². The average Bonchev–Trinajstić information content (AvgIpc) is 3.21. The molecule has 2 aromatic carbocycles. The van der Waals surface area contributed by atoms with E-state index in [1.165, 1.54) is 0 Å². The van der Waals surface area contributed by atoms with Crippen LogP contribution in [-0.2, 0) is 20.7 Å². The first-order chi connectivity index (χ1) is 14.6. The maximum atomic E-state index is 13.4. The van der Waals surface area contributed by atoms with Crippen molar-refractivity contribution in [2.75, 3.05) is 37.7 Å². The minimum absolute atomic E-state index is 0.131. The Morgan fingerprint density at radius 3 is 2.53 bits per heavy atom. The Balaban J connectivity index is 1.39. The average molecular weight is 429 g/mol. The van der Waals surface area contributed by atoms with Gasteiger partial charge in [0.1, 0.15) is 11.5 Å². The number of anilines is 1. The summed E-state index contributed by atoms with van der Waals surface area (Å²) in [6.45, 7) is 2.21. The molecule has 0 saturated carbocycles. The minimum Gasteiger partial charge on any atom is -0.480 e. The van der Waals surface area contributed by atoms with Crippen LogP contribution in [0.3, 0.4) is 0 Å². The molecule has 5 rings (SSSR count). The van der Waals surface area contributed by atoms with Crippen molar-refractivity contribution in [3.8, 4) is 11.5 Å². The standard InChI is InChI=1S/C22H21ClN2O5/c23-15-5-6-17-14(11-15)12-19(29-17)22(27)25-13-20(21(26)24-7-9-28-10-8-24)30-18-4-2-1-3-16(18)25/h1-6,11,19-20H,7-10,12-13H2/t19-,20-/m0/s1. The second kappa shape index (κ2) is 7.81. The van der Waals surface area contributed by atoms with Crippen molar-refractivity contribution in [2.24, 2.45) is 0 Å². The van der Waals surface area contributed by atoms with E-state index in [4.69, 9.17) is 25.8 Å². The predicted molar refractivity (Wildman–Crippen MR) is 110 cm³/mol. The molecule has 3 aliphatic rings. The van der Waals surface area contributed by atoms with Crippen LogP contribution in [0.25, 0.3) is 0 Å². The van der Waals surface area contributed by atoms with Crippen LogP contribution in [0, 0.1) is 0 Å². The second-order valence-electron chi connectivity index (χ2n) is 7.52. The Morgan fingerprint density at radius 2 is 1.70 bits per heavy atom. The van der Waals surface area contributed by atoms with Gasteiger partial charge in [0.25, 0.3) is 11.8 Å². The lowest BCUT2D eigenvalue weighted by Gasteiger charge is -2.37. The SMILES string of the molecule is O=C([C@@H]1CN(C(=O)[C@@H]2Cc3cc(Cl)ccc3O2)c2ccccc2O1)N1CCOCC1. The summed E-state index contributed by atoms with van der Waals surface area (Å²) in [5, 5.41) is 0.610. The molecular formula is C22H21ClN2O5. The third kappa shape index (κ3) is 3.48. The number of carbonyl (C=O) groups is 2. The Bertz CT molecular complexity index is 991. The summed E-state index contributed by atoms with van der Waals surface area (Å²) in [6, 6.07) is 12.6. The summed E-state index contributed by atoms with van der Waals surface area (Å²) in [5.41, 5.74) is 1.55. The molecule has 3 heterocycles. The molecule has 0 aliphatic carbocycles. The fourth-order valence-corrected chi connectivity index (χ4v) is 4.28. The van der Waals surface area contributed by atoms with Crippen LogP contribution in [0.4, 0.5) is 5.69 Å². The summed E-state index contributed by atoms with van der Waals surface area (Å²) in [4.78, 5) is 29.8. The number of carbonyl (C=O) groups excluding carboxylic acids is 2. The van der Waals surface area contributed by atoms with Crippen molar-refractivity contribution >= 4 is 29.1 Å². The number of fused-ring (bicyclic) bond motifs is 2. The highest BCUT2D eigenvalue weighted by molar-refractivity contribution is 6.30. The van der Waals surface area contributed by atoms with E-state index in [2.05, 4.69) is 0 Å². The van der Waals surface area contributed by atoms with Gasteiger partial charge >= 0.3 is 0 Å². The zero-order chi connectivity index (χ0) is 20.7. The van der Waals surface area contributed by atoms with Crippen molar-refractivity contribution < 1.29 is 23.8 Å². The van der Waals surface area contributed by atoms with Gasteiger partial charge in [-0.05, 0) is 35.9 Å². The first-order valence-electron chi connectivity index (χ1n) is 9.99. The van der Waals surface area contributed by atoms with Gasteiger partial charge in [-0.1, -0.05) is 23.7 Å². The van der Waals surface area contributed by atoms with Crippen LogP contribution >= 0.6 is 11.6 Å². The Morgan fingerprint density at radius 1 is 0.933 bits per heavy atom. The van der Waals surface area contributed by atoms with Crippen LogP contribution in [0.2, 0.25) is 5.02 Å². The topological polar surface area (TPSA) is 68.3 Å². The number of nitrogens with zero attached hydrogens (tertiary/aromatic N) is 2. The summed E-state index contributed by atoms with van der Waals surface area (Å²) < 4.78 is 17.2. The molecule has 2 aromatic rings. The molecule has 0 spiro atoms. The number of ether oxygens (including phenoxy) is 3. The van der Waals surface area contributed by atoms with Gasteiger partial charge in [0, 0.05) is 24.5 Å². The Hall–Kier alpha value is -2.77. The van der Waals surface area contributed by atoms with Crippen molar-refractivity contribution in [2.45, 2.75) is 18.6 Å². The van der Waals surface area contributed by atoms with Crippen LogP contribution in [-0.4, -0.2) is 61.8 Å². The van der Waals surface area contributed by atoms with Crippen LogP contribution in [0.1, 0.15) is 5.56 Å². The zero-order valence-corrected chi connectivity index (χ0v) is 17.0. The predicted octanol–water partition coefficient (Wildman–Crippen LogP) is 2.30. The van der Waals surface area contributed by atoms with Gasteiger partial charge in [0.15, 0.2) is 12.2 Å². The molecule has 8 heteroatoms. The monoisotopic (exact) mass is 428 g/mol. The van der Waals surface area contributed by atoms with Gasteiger partial charge in [-0.25, -0.2) is 0 Å². The quantitative estimate of drug-likeness (QED) is 0.734. The fraction of sp³-hybridized carbons (Fsp3) is 0.364. The zero-order valence-electron chi connectivity index (χ0n) is 16.3. The minimum atomic E-state index is -0.764. The summed E-state index contributed by atoms with van der Waals surface area (Å²) in [7, 11) is 0. The van der Waals surface area contributed by atoms with E-state index in [0.717, 1.165) is 5.56 Å². The van der Waals surface area contributed by atoms with Gasteiger partial charge in [-0.2, -0.15) is 0 Å². The fourth-order valence-electron chi connectivity index (χ4n) is 4.09. The van der Waals surface area contributed by atoms with Gasteiger partial charge in [-0.3, -0.25) is 9.59 Å². The third-order valence-electron chi connectivity index (χ3n) is 5.61. The van der Waals surface area contributed by atoms with E-state index in [1.807, 2.05) is 24.3 Å². The van der Waals surface area contributed by atoms with E-state index in [-0.39, 0.29) is 18.4 Å². The van der Waals surface area contributed by atoms with Crippen molar-refractivity contribution in [3.05, 3.63) is 53.1 Å². The number of para-hydroxylation sites is 2. The number of hydrogen-bond acceptors (Lipinski definition) is 5. The highest BCUT2D eigenvalue weighted by atomic mass is 35.5. The lowest BCUT2D eigenvalue weighted by Crippen LogP contribution is -2.55. The molecule has 30 heavy (non-hydrogen) atoms. The largest absolute Gasteiger partial charge is 0.480 e. The number of morpholine rings is 1. The molecule has 7 nitrogen and oxygen atoms in total. The number of halogens is 1. The molecular weight excluding hydrogens is 408 g/mol. The highest BCUT2D eigenvalue weighted by Gasteiger charge is 2.40. The van der Waals surface area contributed by atoms with Gasteiger partial charge in [0.05, 0.1) is 25.4 Å². The highest BCUT2D eigenvalue weighted by Crippen LogP contribution is 2.37. The normalized spacial score (nSPS) is 22.6. The molecule has 0 unspecified atom stereocenters. The molecule has 2 amide bonds. The molecule has 2 atom stereocenters. The van der Waals surface area contributed by atoms with Crippen LogP contribution in [0.5, 0.6) is 11.5 Å². The molecule has 0 bridgehead atoms. The summed E-state index contributed by atoms with van der Waals surface area (Å²) >= 11 is 6.08. The molecule has 1 saturated heterocycles. The molecule has 1 fully saturated rings. The van der Waals surface area contributed by atoms with E-state index in [9.17, 15) is 9.59 Å². The number of hydrogen-bond donors (Lipinski definition) is 0. The molecule has 156 valence electrons. The van der Waals surface area contributed by atoms with Gasteiger partial charge in [-0.15, -0.1) is 0 Å². The number of benzene rings is 2. The van der Waals surface area contributed by atoms with Gasteiger partial charge in [0.2, 0.25) is 0 Å². The number of rotatable bonds is 2.